The van der Waals surface area contributed by atoms with Crippen LogP contribution < -0.4 is 25.0 Å². The van der Waals surface area contributed by atoms with Crippen LogP contribution in [0.25, 0.3) is 11.1 Å². The Bertz CT molecular complexity index is 1360. The summed E-state index contributed by atoms with van der Waals surface area (Å²) in [7, 11) is 0. The molecule has 9 heteroatoms. The zero-order chi connectivity index (χ0) is 26.6. The summed E-state index contributed by atoms with van der Waals surface area (Å²) in [5.74, 6) is 2.59. The SMILES string of the molecule is O=C1COc2ccc(N3CC(CCNCc4cccc(-c5cccc(OCC6CCC6)c5)c4)OC3=O)nc2N1. The third-order valence-electron chi connectivity index (χ3n) is 7.39. The molecule has 3 aromatic rings. The van der Waals surface area contributed by atoms with Crippen LogP contribution in [0.3, 0.4) is 0 Å². The Kier molecular flexibility index (Phi) is 7.31. The molecule has 2 aliphatic heterocycles. The summed E-state index contributed by atoms with van der Waals surface area (Å²) >= 11 is 0. The quantitative estimate of drug-likeness (QED) is 0.366. The van der Waals surface area contributed by atoms with Gasteiger partial charge in [0.15, 0.2) is 18.2 Å². The molecule has 1 atom stereocenters. The smallest absolute Gasteiger partial charge is 0.415 e. The zero-order valence-corrected chi connectivity index (χ0v) is 21.7. The van der Waals surface area contributed by atoms with Crippen LogP contribution in [0.4, 0.5) is 16.4 Å². The monoisotopic (exact) mass is 528 g/mol. The largest absolute Gasteiger partial charge is 0.493 e. The van der Waals surface area contributed by atoms with Crippen molar-refractivity contribution in [1.29, 1.82) is 0 Å². The summed E-state index contributed by atoms with van der Waals surface area (Å²) in [4.78, 5) is 29.9. The molecule has 6 rings (SSSR count). The highest BCUT2D eigenvalue weighted by atomic mass is 16.6. The molecule has 0 spiro atoms. The molecule has 2 N–H and O–H groups in total. The number of aromatic nitrogens is 1. The number of carbonyl (C=O) groups is 2. The fraction of sp³-hybridized carbons (Fsp3) is 0.367. The van der Waals surface area contributed by atoms with E-state index in [2.05, 4.69) is 52.0 Å². The Balaban J connectivity index is 0.989. The Labute approximate surface area is 227 Å². The molecule has 9 nitrogen and oxygen atoms in total. The Hall–Kier alpha value is -4.11. The molecule has 1 saturated heterocycles. The summed E-state index contributed by atoms with van der Waals surface area (Å²) in [6.07, 6.45) is 3.86. The van der Waals surface area contributed by atoms with E-state index in [1.807, 2.05) is 12.1 Å². The fourth-order valence-electron chi connectivity index (χ4n) is 4.96. The van der Waals surface area contributed by atoms with E-state index < -0.39 is 6.09 Å². The molecule has 0 radical (unpaired) electrons. The number of ether oxygens (including phenoxy) is 3. The summed E-state index contributed by atoms with van der Waals surface area (Å²) in [5, 5.41) is 6.13. The number of hydrogen-bond acceptors (Lipinski definition) is 7. The summed E-state index contributed by atoms with van der Waals surface area (Å²) < 4.78 is 16.9. The number of amides is 2. The zero-order valence-electron chi connectivity index (χ0n) is 21.7. The number of nitrogens with one attached hydrogen (secondary N) is 2. The lowest BCUT2D eigenvalue weighted by molar-refractivity contribution is -0.118. The molecule has 2 fully saturated rings. The van der Waals surface area contributed by atoms with Gasteiger partial charge in [0.1, 0.15) is 17.7 Å². The highest BCUT2D eigenvalue weighted by molar-refractivity contribution is 5.95. The summed E-state index contributed by atoms with van der Waals surface area (Å²) in [6.45, 7) is 2.57. The van der Waals surface area contributed by atoms with Crippen LogP contribution in [0.5, 0.6) is 11.5 Å². The van der Waals surface area contributed by atoms with Gasteiger partial charge in [-0.05, 0) is 78.7 Å². The van der Waals surface area contributed by atoms with Crippen molar-refractivity contribution in [2.75, 3.05) is 36.5 Å². The van der Waals surface area contributed by atoms with Gasteiger partial charge in [-0.2, -0.15) is 0 Å². The first-order valence-electron chi connectivity index (χ1n) is 13.6. The number of nitrogens with zero attached hydrogens (tertiary/aromatic N) is 2. The molecule has 39 heavy (non-hydrogen) atoms. The molecule has 1 unspecified atom stereocenters. The number of rotatable bonds is 10. The Morgan fingerprint density at radius 2 is 1.90 bits per heavy atom. The molecular formula is C30H32N4O5. The van der Waals surface area contributed by atoms with Crippen molar-refractivity contribution >= 4 is 23.6 Å². The fourth-order valence-corrected chi connectivity index (χ4v) is 4.96. The van der Waals surface area contributed by atoms with Gasteiger partial charge in [0.05, 0.1) is 13.2 Å². The summed E-state index contributed by atoms with van der Waals surface area (Å²) in [6, 6.07) is 20.2. The van der Waals surface area contributed by atoms with Crippen LogP contribution >= 0.6 is 0 Å². The van der Waals surface area contributed by atoms with Gasteiger partial charge in [-0.25, -0.2) is 9.78 Å². The van der Waals surface area contributed by atoms with E-state index >= 15 is 0 Å². The van der Waals surface area contributed by atoms with Gasteiger partial charge in [0.25, 0.3) is 5.91 Å². The average Bonchev–Trinajstić information content (AvgIpc) is 3.30. The number of benzene rings is 2. The lowest BCUT2D eigenvalue weighted by Crippen LogP contribution is -2.29. The van der Waals surface area contributed by atoms with Crippen molar-refractivity contribution in [3.63, 3.8) is 0 Å². The molecule has 202 valence electrons. The van der Waals surface area contributed by atoms with E-state index in [0.717, 1.165) is 23.5 Å². The topological polar surface area (TPSA) is 102 Å². The predicted octanol–water partition coefficient (Wildman–Crippen LogP) is 4.76. The van der Waals surface area contributed by atoms with E-state index in [1.165, 1.54) is 29.7 Å². The summed E-state index contributed by atoms with van der Waals surface area (Å²) in [5.41, 5.74) is 3.48. The number of carbonyl (C=O) groups excluding carboxylic acids is 2. The molecule has 0 bridgehead atoms. The number of fused-ring (bicyclic) bond motifs is 1. The van der Waals surface area contributed by atoms with Crippen molar-refractivity contribution in [3.8, 4) is 22.6 Å². The van der Waals surface area contributed by atoms with Crippen molar-refractivity contribution < 1.29 is 23.8 Å². The normalized spacial score (nSPS) is 18.6. The van der Waals surface area contributed by atoms with Gasteiger partial charge in [0.2, 0.25) is 0 Å². The van der Waals surface area contributed by atoms with Gasteiger partial charge in [-0.1, -0.05) is 36.8 Å². The minimum Gasteiger partial charge on any atom is -0.493 e. The van der Waals surface area contributed by atoms with Crippen molar-refractivity contribution in [2.24, 2.45) is 5.92 Å². The lowest BCUT2D eigenvalue weighted by atomic mass is 9.86. The standard InChI is InChI=1S/C30H32N4O5/c35-28-19-38-26-10-11-27(32-29(26)33-28)34-17-25(39-30(34)36)12-13-31-16-21-6-2-7-22(14-21)23-8-3-9-24(15-23)37-18-20-4-1-5-20/h2-3,6-11,14-15,20,25,31H,1,4-5,12-13,16-19H2,(H,32,33,35). The van der Waals surface area contributed by atoms with E-state index in [9.17, 15) is 9.59 Å². The molecule has 3 heterocycles. The predicted molar refractivity (Wildman–Crippen MR) is 147 cm³/mol. The minimum atomic E-state index is -0.442. The maximum Gasteiger partial charge on any atom is 0.415 e. The van der Waals surface area contributed by atoms with Crippen LogP contribution in [0, 0.1) is 5.92 Å². The Morgan fingerprint density at radius 3 is 2.74 bits per heavy atom. The van der Waals surface area contributed by atoms with Crippen LogP contribution in [0.2, 0.25) is 0 Å². The van der Waals surface area contributed by atoms with E-state index in [4.69, 9.17) is 14.2 Å². The van der Waals surface area contributed by atoms with Gasteiger partial charge >= 0.3 is 6.09 Å². The van der Waals surface area contributed by atoms with E-state index in [0.29, 0.717) is 49.4 Å². The second-order valence-electron chi connectivity index (χ2n) is 10.3. The van der Waals surface area contributed by atoms with Crippen molar-refractivity contribution in [3.05, 3.63) is 66.2 Å². The molecule has 1 saturated carbocycles. The van der Waals surface area contributed by atoms with Crippen LogP contribution in [0.15, 0.2) is 60.7 Å². The van der Waals surface area contributed by atoms with Gasteiger partial charge in [0, 0.05) is 6.54 Å². The molecule has 2 amide bonds. The number of anilines is 2. The highest BCUT2D eigenvalue weighted by Crippen LogP contribution is 2.31. The van der Waals surface area contributed by atoms with E-state index in [-0.39, 0.29) is 18.6 Å². The number of cyclic esters (lactones) is 1. The van der Waals surface area contributed by atoms with E-state index in [1.54, 1.807) is 12.1 Å². The molecule has 2 aromatic carbocycles. The van der Waals surface area contributed by atoms with Gasteiger partial charge < -0.3 is 24.8 Å². The first-order valence-corrected chi connectivity index (χ1v) is 13.6. The van der Waals surface area contributed by atoms with Crippen LogP contribution in [-0.4, -0.2) is 49.4 Å². The number of pyridine rings is 1. The maximum absolute atomic E-state index is 12.5. The second-order valence-corrected chi connectivity index (χ2v) is 10.3. The maximum atomic E-state index is 12.5. The average molecular weight is 529 g/mol. The minimum absolute atomic E-state index is 0.0400. The first-order chi connectivity index (χ1) is 19.1. The molecular weight excluding hydrogens is 496 g/mol. The number of hydrogen-bond donors (Lipinski definition) is 2. The first kappa shape index (κ1) is 25.2. The van der Waals surface area contributed by atoms with Gasteiger partial charge in [-0.3, -0.25) is 9.69 Å². The van der Waals surface area contributed by atoms with Crippen molar-refractivity contribution in [1.82, 2.24) is 10.3 Å². The Morgan fingerprint density at radius 1 is 1.05 bits per heavy atom. The molecule has 3 aliphatic rings. The second kappa shape index (κ2) is 11.3. The lowest BCUT2D eigenvalue weighted by Gasteiger charge is -2.25. The molecule has 1 aromatic heterocycles. The third-order valence-corrected chi connectivity index (χ3v) is 7.39. The van der Waals surface area contributed by atoms with Crippen LogP contribution in [-0.2, 0) is 16.1 Å². The molecule has 1 aliphatic carbocycles. The van der Waals surface area contributed by atoms with Crippen LogP contribution in [0.1, 0.15) is 31.2 Å². The van der Waals surface area contributed by atoms with Gasteiger partial charge in [-0.15, -0.1) is 0 Å². The van der Waals surface area contributed by atoms with Crippen molar-refractivity contribution in [2.45, 2.75) is 38.3 Å². The highest BCUT2D eigenvalue weighted by Gasteiger charge is 2.33. The third kappa shape index (κ3) is 5.98.